The predicted molar refractivity (Wildman–Crippen MR) is 90.3 cm³/mol. The normalized spacial score (nSPS) is 11.3. The lowest BCUT2D eigenvalue weighted by atomic mass is 10.1. The molecule has 0 aromatic heterocycles. The number of nitrogens with two attached hydrogens (primary N) is 1. The smallest absolute Gasteiger partial charge is 0.261 e. The predicted octanol–water partition coefficient (Wildman–Crippen LogP) is 3.29. The van der Waals surface area contributed by atoms with Crippen LogP contribution in [0.25, 0.3) is 0 Å². The van der Waals surface area contributed by atoms with Crippen LogP contribution in [0.2, 0.25) is 0 Å². The number of halogens is 1. The lowest BCUT2D eigenvalue weighted by Crippen LogP contribution is -2.14. The third kappa shape index (κ3) is 3.24. The summed E-state index contributed by atoms with van der Waals surface area (Å²) in [4.78, 5) is 0.178. The Morgan fingerprint density at radius 1 is 1.15 bits per heavy atom. The monoisotopic (exact) mass is 402 g/mol. The first-order valence-electron chi connectivity index (χ1n) is 5.95. The Morgan fingerprint density at radius 3 is 2.45 bits per heavy atom. The summed E-state index contributed by atoms with van der Waals surface area (Å²) >= 11 is 2.13. The molecule has 3 N–H and O–H groups in total. The molecular weight excluding hydrogens is 387 g/mol. The van der Waals surface area contributed by atoms with E-state index < -0.39 is 10.0 Å². The summed E-state index contributed by atoms with van der Waals surface area (Å²) in [7, 11) is -3.63. The first-order chi connectivity index (χ1) is 9.29. The molecule has 2 aromatic carbocycles. The molecule has 0 spiro atoms. The molecule has 0 atom stereocenters. The fraction of sp³-hybridized carbons (Fsp3) is 0.143. The van der Waals surface area contributed by atoms with Crippen molar-refractivity contribution in [2.45, 2.75) is 18.7 Å². The van der Waals surface area contributed by atoms with Crippen molar-refractivity contribution in [3.63, 3.8) is 0 Å². The standard InChI is InChI=1S/C14H15IN2O2S/c1-9-6-13(8-14(16)10(9)2)20(18,19)17-12-5-3-4-11(15)7-12/h3-8,17H,16H2,1-2H3. The van der Waals surface area contributed by atoms with Crippen LogP contribution in [0, 0.1) is 17.4 Å². The van der Waals surface area contributed by atoms with Gasteiger partial charge in [-0.25, -0.2) is 8.42 Å². The van der Waals surface area contributed by atoms with Crippen molar-refractivity contribution in [2.75, 3.05) is 10.5 Å². The zero-order chi connectivity index (χ0) is 14.9. The summed E-state index contributed by atoms with van der Waals surface area (Å²) in [6, 6.07) is 10.3. The van der Waals surface area contributed by atoms with Crippen molar-refractivity contribution >= 4 is 44.0 Å². The lowest BCUT2D eigenvalue weighted by molar-refractivity contribution is 0.601. The van der Waals surface area contributed by atoms with E-state index in [1.807, 2.05) is 19.9 Å². The minimum Gasteiger partial charge on any atom is -0.398 e. The maximum atomic E-state index is 12.4. The van der Waals surface area contributed by atoms with Crippen LogP contribution in [0.1, 0.15) is 11.1 Å². The molecule has 2 aromatic rings. The number of aryl methyl sites for hydroxylation is 1. The second-order valence-electron chi connectivity index (χ2n) is 4.57. The fourth-order valence-corrected chi connectivity index (χ4v) is 3.49. The van der Waals surface area contributed by atoms with Crippen LogP contribution in [-0.4, -0.2) is 8.42 Å². The number of hydrogen-bond donors (Lipinski definition) is 2. The Balaban J connectivity index is 2.41. The second kappa shape index (κ2) is 5.61. The van der Waals surface area contributed by atoms with Gasteiger partial charge < -0.3 is 5.73 Å². The van der Waals surface area contributed by atoms with Gasteiger partial charge in [-0.1, -0.05) is 6.07 Å². The molecule has 0 radical (unpaired) electrons. The van der Waals surface area contributed by atoms with Crippen LogP contribution < -0.4 is 10.5 Å². The highest BCUT2D eigenvalue weighted by Gasteiger charge is 2.16. The molecule has 0 fully saturated rings. The molecule has 0 aliphatic carbocycles. The van der Waals surface area contributed by atoms with Gasteiger partial charge in [0.1, 0.15) is 0 Å². The molecule has 0 heterocycles. The molecule has 0 bridgehead atoms. The minimum atomic E-state index is -3.63. The maximum absolute atomic E-state index is 12.4. The Hall–Kier alpha value is -1.28. The number of sulfonamides is 1. The number of rotatable bonds is 3. The number of nitrogens with one attached hydrogen (secondary N) is 1. The largest absolute Gasteiger partial charge is 0.398 e. The van der Waals surface area contributed by atoms with Gasteiger partial charge in [0.15, 0.2) is 0 Å². The molecular formula is C14H15IN2O2S. The number of hydrogen-bond acceptors (Lipinski definition) is 3. The topological polar surface area (TPSA) is 72.2 Å². The summed E-state index contributed by atoms with van der Waals surface area (Å²) < 4.78 is 28.2. The Morgan fingerprint density at radius 2 is 1.85 bits per heavy atom. The highest BCUT2D eigenvalue weighted by atomic mass is 127. The average molecular weight is 402 g/mol. The lowest BCUT2D eigenvalue weighted by Gasteiger charge is -2.11. The van der Waals surface area contributed by atoms with E-state index in [2.05, 4.69) is 27.3 Å². The van der Waals surface area contributed by atoms with Crippen molar-refractivity contribution in [3.8, 4) is 0 Å². The molecule has 6 heteroatoms. The van der Waals surface area contributed by atoms with Gasteiger partial charge in [0, 0.05) is 14.9 Å². The Kier molecular flexibility index (Phi) is 4.24. The number of nitrogen functional groups attached to an aromatic ring is 1. The van der Waals surface area contributed by atoms with Crippen LogP contribution in [0.5, 0.6) is 0 Å². The van der Waals surface area contributed by atoms with Crippen LogP contribution in [-0.2, 0) is 10.0 Å². The Labute approximate surface area is 132 Å². The summed E-state index contributed by atoms with van der Waals surface area (Å²) in [6.45, 7) is 3.71. The minimum absolute atomic E-state index is 0.178. The van der Waals surface area contributed by atoms with Gasteiger partial charge in [-0.2, -0.15) is 0 Å². The van der Waals surface area contributed by atoms with Crippen molar-refractivity contribution < 1.29 is 8.42 Å². The zero-order valence-corrected chi connectivity index (χ0v) is 14.1. The highest BCUT2D eigenvalue weighted by Crippen LogP contribution is 2.24. The quantitative estimate of drug-likeness (QED) is 0.612. The highest BCUT2D eigenvalue weighted by molar-refractivity contribution is 14.1. The molecule has 0 saturated carbocycles. The average Bonchev–Trinajstić information content (AvgIpc) is 2.34. The van der Waals surface area contributed by atoms with Crippen LogP contribution in [0.15, 0.2) is 41.3 Å². The van der Waals surface area contributed by atoms with E-state index in [1.165, 1.54) is 6.07 Å². The van der Waals surface area contributed by atoms with Crippen LogP contribution >= 0.6 is 22.6 Å². The first-order valence-corrected chi connectivity index (χ1v) is 8.51. The summed E-state index contributed by atoms with van der Waals surface area (Å²) in [6.07, 6.45) is 0. The van der Waals surface area contributed by atoms with E-state index in [9.17, 15) is 8.42 Å². The molecule has 0 aliphatic rings. The van der Waals surface area contributed by atoms with Crippen molar-refractivity contribution in [1.29, 1.82) is 0 Å². The van der Waals surface area contributed by atoms with Gasteiger partial charge in [-0.05, 0) is 77.9 Å². The maximum Gasteiger partial charge on any atom is 0.261 e. The molecule has 2 rings (SSSR count). The van der Waals surface area contributed by atoms with Gasteiger partial charge in [0.25, 0.3) is 10.0 Å². The van der Waals surface area contributed by atoms with E-state index in [1.54, 1.807) is 24.3 Å². The van der Waals surface area contributed by atoms with Gasteiger partial charge in [-0.15, -0.1) is 0 Å². The number of anilines is 2. The van der Waals surface area contributed by atoms with Gasteiger partial charge >= 0.3 is 0 Å². The summed E-state index contributed by atoms with van der Waals surface area (Å²) in [5.74, 6) is 0. The van der Waals surface area contributed by atoms with Gasteiger partial charge in [-0.3, -0.25) is 4.72 Å². The zero-order valence-electron chi connectivity index (χ0n) is 11.1. The molecule has 0 amide bonds. The third-order valence-corrected chi connectivity index (χ3v) is 5.10. The van der Waals surface area contributed by atoms with Crippen molar-refractivity contribution in [1.82, 2.24) is 0 Å². The van der Waals surface area contributed by atoms with Crippen molar-refractivity contribution in [2.24, 2.45) is 0 Å². The van der Waals surface area contributed by atoms with E-state index >= 15 is 0 Å². The summed E-state index contributed by atoms with van der Waals surface area (Å²) in [5, 5.41) is 0. The molecule has 0 saturated heterocycles. The third-order valence-electron chi connectivity index (χ3n) is 3.07. The van der Waals surface area contributed by atoms with Crippen LogP contribution in [0.3, 0.4) is 0 Å². The SMILES string of the molecule is Cc1cc(S(=O)(=O)Nc2cccc(I)c2)cc(N)c1C. The number of benzene rings is 2. The molecule has 0 unspecified atom stereocenters. The molecule has 20 heavy (non-hydrogen) atoms. The molecule has 106 valence electrons. The molecule has 4 nitrogen and oxygen atoms in total. The van der Waals surface area contributed by atoms with Crippen LogP contribution in [0.4, 0.5) is 11.4 Å². The van der Waals surface area contributed by atoms with Gasteiger partial charge in [0.2, 0.25) is 0 Å². The van der Waals surface area contributed by atoms with Crippen molar-refractivity contribution in [3.05, 3.63) is 51.1 Å². The van der Waals surface area contributed by atoms with E-state index in [0.29, 0.717) is 11.4 Å². The van der Waals surface area contributed by atoms with E-state index in [4.69, 9.17) is 5.73 Å². The van der Waals surface area contributed by atoms with Gasteiger partial charge in [0.05, 0.1) is 4.90 Å². The Bertz CT molecular complexity index is 735. The first kappa shape index (κ1) is 15.1. The summed E-state index contributed by atoms with van der Waals surface area (Å²) in [5.41, 5.74) is 8.61. The van der Waals surface area contributed by atoms with E-state index in [-0.39, 0.29) is 4.90 Å². The fourth-order valence-electron chi connectivity index (χ4n) is 1.77. The second-order valence-corrected chi connectivity index (χ2v) is 7.50. The van der Waals surface area contributed by atoms with E-state index in [0.717, 1.165) is 14.7 Å². The molecule has 0 aliphatic heterocycles.